The summed E-state index contributed by atoms with van der Waals surface area (Å²) in [6.45, 7) is 5.52. The number of esters is 1. The summed E-state index contributed by atoms with van der Waals surface area (Å²) in [6.07, 6.45) is 0.447. The van der Waals surface area contributed by atoms with Crippen molar-refractivity contribution in [3.8, 4) is 0 Å². The van der Waals surface area contributed by atoms with Crippen LogP contribution in [0, 0.1) is 0 Å². The van der Waals surface area contributed by atoms with E-state index < -0.39 is 27.9 Å². The van der Waals surface area contributed by atoms with Crippen molar-refractivity contribution in [2.24, 2.45) is 0 Å². The minimum absolute atomic E-state index is 0.116. The van der Waals surface area contributed by atoms with Gasteiger partial charge in [0.1, 0.15) is 12.4 Å². The van der Waals surface area contributed by atoms with Crippen LogP contribution in [0.4, 0.5) is 0 Å². The fourth-order valence-electron chi connectivity index (χ4n) is 1.02. The average molecular weight is 282 g/mol. The first-order valence-electron chi connectivity index (χ1n) is 5.29. The molecular formula is C10H18O7S. The number of carbonyl (C=O) groups excluding carboxylic acids is 1. The second kappa shape index (κ2) is 9.03. The second-order valence-electron chi connectivity index (χ2n) is 3.41. The van der Waals surface area contributed by atoms with Crippen molar-refractivity contribution in [1.29, 1.82) is 0 Å². The summed E-state index contributed by atoms with van der Waals surface area (Å²) in [4.78, 5) is 10.6. The Balaban J connectivity index is 3.40. The Morgan fingerprint density at radius 3 is 2.50 bits per heavy atom. The van der Waals surface area contributed by atoms with Crippen LogP contribution in [-0.2, 0) is 29.1 Å². The van der Waals surface area contributed by atoms with Gasteiger partial charge in [0.25, 0.3) is 10.1 Å². The Kier molecular flexibility index (Phi) is 8.55. The van der Waals surface area contributed by atoms with E-state index in [4.69, 9.17) is 14.0 Å². The second-order valence-corrected chi connectivity index (χ2v) is 4.91. The number of hydrogen-bond acceptors (Lipinski definition) is 6. The van der Waals surface area contributed by atoms with E-state index in [1.165, 1.54) is 6.92 Å². The third-order valence-electron chi connectivity index (χ3n) is 1.71. The zero-order valence-electron chi connectivity index (χ0n) is 10.2. The van der Waals surface area contributed by atoms with E-state index in [0.29, 0.717) is 0 Å². The van der Waals surface area contributed by atoms with Gasteiger partial charge in [0, 0.05) is 6.08 Å². The average Bonchev–Trinajstić information content (AvgIpc) is 2.25. The van der Waals surface area contributed by atoms with E-state index in [-0.39, 0.29) is 26.4 Å². The maximum absolute atomic E-state index is 10.6. The molecule has 0 aromatic heterocycles. The van der Waals surface area contributed by atoms with E-state index in [2.05, 4.69) is 11.3 Å². The summed E-state index contributed by atoms with van der Waals surface area (Å²) in [5.74, 6) is -0.971. The molecule has 0 spiro atoms. The van der Waals surface area contributed by atoms with Crippen molar-refractivity contribution in [2.45, 2.75) is 13.0 Å². The highest BCUT2D eigenvalue weighted by molar-refractivity contribution is 7.85. The molecule has 0 aliphatic rings. The molecule has 106 valence electrons. The summed E-state index contributed by atoms with van der Waals surface area (Å²) in [6, 6.07) is 0. The van der Waals surface area contributed by atoms with Crippen LogP contribution < -0.4 is 0 Å². The van der Waals surface area contributed by atoms with Crippen LogP contribution in [0.25, 0.3) is 0 Å². The van der Waals surface area contributed by atoms with Crippen LogP contribution in [0.1, 0.15) is 6.92 Å². The summed E-state index contributed by atoms with van der Waals surface area (Å²) >= 11 is 0. The van der Waals surface area contributed by atoms with Crippen LogP contribution in [0.5, 0.6) is 0 Å². The molecule has 0 fully saturated rings. The summed E-state index contributed by atoms with van der Waals surface area (Å²) in [5.41, 5.74) is 0. The summed E-state index contributed by atoms with van der Waals surface area (Å²) < 4.78 is 44.3. The van der Waals surface area contributed by atoms with E-state index in [1.807, 2.05) is 0 Å². The van der Waals surface area contributed by atoms with Crippen molar-refractivity contribution >= 4 is 16.1 Å². The molecule has 1 atom stereocenters. The highest BCUT2D eigenvalue weighted by Gasteiger charge is 2.12. The van der Waals surface area contributed by atoms with E-state index in [0.717, 1.165) is 6.08 Å². The zero-order valence-corrected chi connectivity index (χ0v) is 11.0. The van der Waals surface area contributed by atoms with Crippen LogP contribution in [0.15, 0.2) is 12.7 Å². The molecule has 0 rings (SSSR count). The molecule has 0 saturated heterocycles. The lowest BCUT2D eigenvalue weighted by atomic mass is 10.5. The molecule has 1 N–H and O–H groups in total. The van der Waals surface area contributed by atoms with Gasteiger partial charge in [0.05, 0.1) is 25.9 Å². The predicted octanol–water partition coefficient (Wildman–Crippen LogP) is 0.0251. The van der Waals surface area contributed by atoms with Gasteiger partial charge >= 0.3 is 5.97 Å². The predicted molar refractivity (Wildman–Crippen MR) is 63.8 cm³/mol. The van der Waals surface area contributed by atoms with E-state index >= 15 is 0 Å². The van der Waals surface area contributed by atoms with Crippen molar-refractivity contribution in [3.63, 3.8) is 0 Å². The first-order chi connectivity index (χ1) is 8.35. The Bertz CT molecular complexity index is 349. The van der Waals surface area contributed by atoms with Crippen molar-refractivity contribution in [2.75, 3.05) is 32.2 Å². The van der Waals surface area contributed by atoms with Crippen LogP contribution in [0.2, 0.25) is 0 Å². The van der Waals surface area contributed by atoms with Crippen molar-refractivity contribution in [1.82, 2.24) is 0 Å². The van der Waals surface area contributed by atoms with Gasteiger partial charge in [-0.15, -0.1) is 0 Å². The minimum Gasteiger partial charge on any atom is -0.460 e. The maximum Gasteiger partial charge on any atom is 0.330 e. The fourth-order valence-corrected chi connectivity index (χ4v) is 1.70. The molecule has 0 radical (unpaired) electrons. The van der Waals surface area contributed by atoms with Gasteiger partial charge in [-0.2, -0.15) is 8.42 Å². The van der Waals surface area contributed by atoms with Gasteiger partial charge in [0.2, 0.25) is 0 Å². The Hall–Kier alpha value is -0.960. The lowest BCUT2D eigenvalue weighted by molar-refractivity contribution is -0.139. The smallest absolute Gasteiger partial charge is 0.330 e. The molecule has 0 bridgehead atoms. The zero-order chi connectivity index (χ0) is 14.0. The highest BCUT2D eigenvalue weighted by Crippen LogP contribution is 1.95. The van der Waals surface area contributed by atoms with E-state index in [1.54, 1.807) is 0 Å². The summed E-state index contributed by atoms with van der Waals surface area (Å²) in [7, 11) is -4.02. The molecule has 0 heterocycles. The Morgan fingerprint density at radius 1 is 1.33 bits per heavy atom. The monoisotopic (exact) mass is 282 g/mol. The Labute approximate surface area is 106 Å². The summed E-state index contributed by atoms with van der Waals surface area (Å²) in [5, 5.41) is 0. The molecule has 0 aliphatic heterocycles. The maximum atomic E-state index is 10.6. The normalized spacial score (nSPS) is 13.0. The first kappa shape index (κ1) is 17.0. The van der Waals surface area contributed by atoms with Crippen molar-refractivity contribution < 1.29 is 32.0 Å². The number of rotatable bonds is 10. The highest BCUT2D eigenvalue weighted by atomic mass is 32.2. The van der Waals surface area contributed by atoms with E-state index in [9.17, 15) is 13.2 Å². The van der Waals surface area contributed by atoms with Gasteiger partial charge in [-0.05, 0) is 6.92 Å². The standard InChI is InChI=1S/C10H18O7S/c1-3-10(11)17-7-5-15-4-6-16-9(2)8-18(12,13)14/h3,9H,1,4-8H2,2H3,(H,12,13,14). The SMILES string of the molecule is C=CC(=O)OCCOCCOC(C)CS(=O)(=O)O. The molecular weight excluding hydrogens is 264 g/mol. The van der Waals surface area contributed by atoms with Crippen molar-refractivity contribution in [3.05, 3.63) is 12.7 Å². The largest absolute Gasteiger partial charge is 0.460 e. The molecule has 18 heavy (non-hydrogen) atoms. The third-order valence-corrected chi connectivity index (χ3v) is 2.60. The molecule has 0 saturated carbocycles. The lowest BCUT2D eigenvalue weighted by Gasteiger charge is -2.11. The van der Waals surface area contributed by atoms with Crippen LogP contribution >= 0.6 is 0 Å². The number of hydrogen-bond donors (Lipinski definition) is 1. The lowest BCUT2D eigenvalue weighted by Crippen LogP contribution is -2.22. The Morgan fingerprint density at radius 2 is 1.94 bits per heavy atom. The van der Waals surface area contributed by atoms with Crippen LogP contribution in [-0.4, -0.2) is 57.2 Å². The van der Waals surface area contributed by atoms with Gasteiger partial charge < -0.3 is 14.2 Å². The minimum atomic E-state index is -4.02. The van der Waals surface area contributed by atoms with Gasteiger partial charge in [0.15, 0.2) is 0 Å². The third kappa shape index (κ3) is 11.5. The molecule has 0 aliphatic carbocycles. The molecule has 0 aromatic rings. The molecule has 8 heteroatoms. The fraction of sp³-hybridized carbons (Fsp3) is 0.700. The molecule has 7 nitrogen and oxygen atoms in total. The van der Waals surface area contributed by atoms with Gasteiger partial charge in [-0.25, -0.2) is 4.79 Å². The molecule has 1 unspecified atom stereocenters. The van der Waals surface area contributed by atoms with Gasteiger partial charge in [-0.1, -0.05) is 6.58 Å². The van der Waals surface area contributed by atoms with Crippen LogP contribution in [0.3, 0.4) is 0 Å². The topological polar surface area (TPSA) is 99.1 Å². The number of carbonyl (C=O) groups is 1. The first-order valence-corrected chi connectivity index (χ1v) is 6.89. The quantitative estimate of drug-likeness (QED) is 0.261. The number of ether oxygens (including phenoxy) is 3. The van der Waals surface area contributed by atoms with Gasteiger partial charge in [-0.3, -0.25) is 4.55 Å². The molecule has 0 amide bonds. The molecule has 0 aromatic carbocycles.